The molecule has 1 unspecified atom stereocenters. The number of benzene rings is 1. The molecule has 0 saturated carbocycles. The van der Waals surface area contributed by atoms with Crippen molar-refractivity contribution in [1.82, 2.24) is 0 Å². The van der Waals surface area contributed by atoms with Crippen LogP contribution in [0.3, 0.4) is 0 Å². The van der Waals surface area contributed by atoms with Gasteiger partial charge < -0.3 is 0 Å². The molecule has 1 rings (SSSR count). The summed E-state index contributed by atoms with van der Waals surface area (Å²) in [6.07, 6.45) is 3.23. The Balaban J connectivity index is 2.36. The molecule has 0 radical (unpaired) electrons. The van der Waals surface area contributed by atoms with E-state index in [9.17, 15) is 0 Å². The van der Waals surface area contributed by atoms with Gasteiger partial charge in [-0.1, -0.05) is 44.5 Å². The lowest BCUT2D eigenvalue weighted by molar-refractivity contribution is 0.369. The van der Waals surface area contributed by atoms with E-state index in [1.165, 1.54) is 5.56 Å². The van der Waals surface area contributed by atoms with Crippen molar-refractivity contribution in [3.05, 3.63) is 34.9 Å². The van der Waals surface area contributed by atoms with Crippen molar-refractivity contribution in [2.24, 2.45) is 5.41 Å². The zero-order valence-electron chi connectivity index (χ0n) is 10.3. The summed E-state index contributed by atoms with van der Waals surface area (Å²) < 4.78 is 0. The Labute approximate surface area is 109 Å². The molecule has 0 aliphatic rings. The van der Waals surface area contributed by atoms with Gasteiger partial charge in [0.2, 0.25) is 0 Å². The van der Waals surface area contributed by atoms with Crippen molar-refractivity contribution >= 4 is 23.2 Å². The highest BCUT2D eigenvalue weighted by atomic mass is 35.5. The molecule has 0 aromatic heterocycles. The summed E-state index contributed by atoms with van der Waals surface area (Å²) in [5.74, 6) is 0. The van der Waals surface area contributed by atoms with Gasteiger partial charge in [-0.15, -0.1) is 11.6 Å². The van der Waals surface area contributed by atoms with Crippen LogP contribution in [0, 0.1) is 5.41 Å². The lowest BCUT2D eigenvalue weighted by Crippen LogP contribution is -2.20. The van der Waals surface area contributed by atoms with Crippen molar-refractivity contribution in [2.75, 3.05) is 0 Å². The Morgan fingerprint density at radius 3 is 2.50 bits per heavy atom. The van der Waals surface area contributed by atoms with E-state index in [0.29, 0.717) is 0 Å². The maximum atomic E-state index is 6.33. The standard InChI is InChI=1S/C14H20Cl2/c1-14(2,3)13(16)9-5-7-11-6-4-8-12(15)10-11/h4,6,8,10,13H,5,7,9H2,1-3H3. The first-order valence-electron chi connectivity index (χ1n) is 5.78. The zero-order valence-corrected chi connectivity index (χ0v) is 11.8. The molecule has 1 atom stereocenters. The minimum Gasteiger partial charge on any atom is -0.122 e. The Morgan fingerprint density at radius 1 is 1.25 bits per heavy atom. The third-order valence-electron chi connectivity index (χ3n) is 2.75. The average Bonchev–Trinajstić information content (AvgIpc) is 2.16. The molecule has 0 nitrogen and oxygen atoms in total. The summed E-state index contributed by atoms with van der Waals surface area (Å²) in [6.45, 7) is 6.55. The number of hydrogen-bond donors (Lipinski definition) is 0. The molecule has 1 aromatic rings. The fraction of sp³-hybridized carbons (Fsp3) is 0.571. The highest BCUT2D eigenvalue weighted by molar-refractivity contribution is 6.30. The van der Waals surface area contributed by atoms with Crippen LogP contribution in [-0.2, 0) is 6.42 Å². The van der Waals surface area contributed by atoms with E-state index in [-0.39, 0.29) is 10.8 Å². The predicted molar refractivity (Wildman–Crippen MR) is 73.5 cm³/mol. The van der Waals surface area contributed by atoms with E-state index in [0.717, 1.165) is 24.3 Å². The van der Waals surface area contributed by atoms with Crippen LogP contribution in [-0.4, -0.2) is 5.38 Å². The Bertz CT molecular complexity index is 326. The van der Waals surface area contributed by atoms with E-state index < -0.39 is 0 Å². The van der Waals surface area contributed by atoms with Crippen LogP contribution < -0.4 is 0 Å². The molecule has 0 heterocycles. The van der Waals surface area contributed by atoms with Crippen LogP contribution in [0.4, 0.5) is 0 Å². The largest absolute Gasteiger partial charge is 0.122 e. The second-order valence-electron chi connectivity index (χ2n) is 5.36. The molecule has 0 spiro atoms. The van der Waals surface area contributed by atoms with Gasteiger partial charge in [0.25, 0.3) is 0 Å². The summed E-state index contributed by atoms with van der Waals surface area (Å²) in [6, 6.07) is 8.05. The molecule has 0 aliphatic heterocycles. The van der Waals surface area contributed by atoms with Crippen molar-refractivity contribution in [3.8, 4) is 0 Å². The van der Waals surface area contributed by atoms with Crippen molar-refractivity contribution in [2.45, 2.75) is 45.4 Å². The highest BCUT2D eigenvalue weighted by Gasteiger charge is 2.21. The third kappa shape index (κ3) is 4.76. The van der Waals surface area contributed by atoms with Crippen LogP contribution in [0.1, 0.15) is 39.2 Å². The lowest BCUT2D eigenvalue weighted by Gasteiger charge is -2.24. The normalized spacial score (nSPS) is 13.8. The van der Waals surface area contributed by atoms with Crippen LogP contribution in [0.15, 0.2) is 24.3 Å². The van der Waals surface area contributed by atoms with Crippen LogP contribution in [0.5, 0.6) is 0 Å². The Morgan fingerprint density at radius 2 is 1.94 bits per heavy atom. The molecule has 0 aliphatic carbocycles. The van der Waals surface area contributed by atoms with Gasteiger partial charge in [0, 0.05) is 10.4 Å². The van der Waals surface area contributed by atoms with Crippen LogP contribution in [0.2, 0.25) is 5.02 Å². The molecule has 0 fully saturated rings. The van der Waals surface area contributed by atoms with Gasteiger partial charge in [-0.25, -0.2) is 0 Å². The second kappa shape index (κ2) is 5.93. The smallest absolute Gasteiger partial charge is 0.0408 e. The number of hydrogen-bond acceptors (Lipinski definition) is 0. The van der Waals surface area contributed by atoms with Gasteiger partial charge in [0.15, 0.2) is 0 Å². The first-order valence-corrected chi connectivity index (χ1v) is 6.59. The summed E-state index contributed by atoms with van der Waals surface area (Å²) in [4.78, 5) is 0. The lowest BCUT2D eigenvalue weighted by atomic mass is 9.88. The first-order chi connectivity index (χ1) is 7.39. The zero-order chi connectivity index (χ0) is 12.2. The SMILES string of the molecule is CC(C)(C)C(Cl)CCCc1cccc(Cl)c1. The molecule has 0 amide bonds. The summed E-state index contributed by atoms with van der Waals surface area (Å²) in [5, 5.41) is 1.06. The minimum atomic E-state index is 0.190. The molecular formula is C14H20Cl2. The van der Waals surface area contributed by atoms with Crippen molar-refractivity contribution in [3.63, 3.8) is 0 Å². The average molecular weight is 259 g/mol. The van der Waals surface area contributed by atoms with Gasteiger partial charge in [-0.05, 0) is 42.4 Å². The minimum absolute atomic E-state index is 0.190. The molecule has 0 bridgehead atoms. The van der Waals surface area contributed by atoms with Crippen molar-refractivity contribution < 1.29 is 0 Å². The molecule has 0 saturated heterocycles. The van der Waals surface area contributed by atoms with Crippen molar-refractivity contribution in [1.29, 1.82) is 0 Å². The van der Waals surface area contributed by atoms with Gasteiger partial charge in [-0.3, -0.25) is 0 Å². The summed E-state index contributed by atoms with van der Waals surface area (Å²) in [7, 11) is 0. The topological polar surface area (TPSA) is 0 Å². The van der Waals surface area contributed by atoms with Gasteiger partial charge in [0.1, 0.15) is 0 Å². The Kier molecular flexibility index (Phi) is 5.14. The molecule has 90 valence electrons. The quantitative estimate of drug-likeness (QED) is 0.642. The van der Waals surface area contributed by atoms with Gasteiger partial charge >= 0.3 is 0 Å². The van der Waals surface area contributed by atoms with E-state index >= 15 is 0 Å². The monoisotopic (exact) mass is 258 g/mol. The van der Waals surface area contributed by atoms with Crippen LogP contribution in [0.25, 0.3) is 0 Å². The Hall–Kier alpha value is -0.200. The summed E-state index contributed by atoms with van der Waals surface area (Å²) >= 11 is 12.3. The fourth-order valence-electron chi connectivity index (χ4n) is 1.61. The molecule has 1 aromatic carbocycles. The second-order valence-corrected chi connectivity index (χ2v) is 6.32. The van der Waals surface area contributed by atoms with E-state index in [4.69, 9.17) is 23.2 Å². The van der Waals surface area contributed by atoms with Gasteiger partial charge in [-0.2, -0.15) is 0 Å². The first kappa shape index (κ1) is 13.9. The highest BCUT2D eigenvalue weighted by Crippen LogP contribution is 2.28. The third-order valence-corrected chi connectivity index (χ3v) is 3.86. The number of halogens is 2. The maximum Gasteiger partial charge on any atom is 0.0408 e. The number of rotatable bonds is 4. The van der Waals surface area contributed by atoms with Gasteiger partial charge in [0.05, 0.1) is 0 Å². The maximum absolute atomic E-state index is 6.33. The predicted octanol–water partition coefficient (Wildman–Crippen LogP) is 5.32. The molecule has 2 heteroatoms. The van der Waals surface area contributed by atoms with E-state index in [1.54, 1.807) is 0 Å². The molecule has 0 N–H and O–H groups in total. The van der Waals surface area contributed by atoms with E-state index in [2.05, 4.69) is 26.8 Å². The fourth-order valence-corrected chi connectivity index (χ4v) is 1.98. The molecular weight excluding hydrogens is 239 g/mol. The number of alkyl halides is 1. The van der Waals surface area contributed by atoms with E-state index in [1.807, 2.05) is 18.2 Å². The summed E-state index contributed by atoms with van der Waals surface area (Å²) in [5.41, 5.74) is 1.49. The number of aryl methyl sites for hydroxylation is 1. The van der Waals surface area contributed by atoms with Crippen LogP contribution >= 0.6 is 23.2 Å². The molecule has 16 heavy (non-hydrogen) atoms.